The minimum atomic E-state index is -0.807. The molecule has 0 unspecified atom stereocenters. The van der Waals surface area contributed by atoms with Crippen LogP contribution in [0.5, 0.6) is 0 Å². The van der Waals surface area contributed by atoms with Gasteiger partial charge in [0.05, 0.1) is 0 Å². The zero-order valence-electron chi connectivity index (χ0n) is 6.16. The third-order valence-corrected chi connectivity index (χ3v) is 2.53. The molecule has 2 heteroatoms. The number of carboxylic acid groups (broad SMARTS) is 1. The summed E-state index contributed by atoms with van der Waals surface area (Å²) < 4.78 is 0. The van der Waals surface area contributed by atoms with Gasteiger partial charge in [-0.2, -0.15) is 0 Å². The molecule has 0 amide bonds. The summed E-state index contributed by atoms with van der Waals surface area (Å²) >= 11 is 0. The largest absolute Gasteiger partial charge is 0.478 e. The first kappa shape index (κ1) is 6.65. The first-order chi connectivity index (χ1) is 5.27. The minimum absolute atomic E-state index is 0.464. The molecule has 2 rings (SSSR count). The summed E-state index contributed by atoms with van der Waals surface area (Å²) in [5, 5.41) is 8.47. The van der Waals surface area contributed by atoms with Gasteiger partial charge >= 0.3 is 5.97 Å². The van der Waals surface area contributed by atoms with Gasteiger partial charge < -0.3 is 5.11 Å². The zero-order valence-corrected chi connectivity index (χ0v) is 6.16. The van der Waals surface area contributed by atoms with E-state index in [1.165, 1.54) is 6.08 Å². The molecule has 2 atom stereocenters. The Bertz CT molecular complexity index is 250. The molecule has 0 heterocycles. The Balaban J connectivity index is 2.10. The van der Waals surface area contributed by atoms with E-state index in [-0.39, 0.29) is 0 Å². The Hall–Kier alpha value is -1.05. The van der Waals surface area contributed by atoms with Gasteiger partial charge in [0, 0.05) is 12.0 Å². The van der Waals surface area contributed by atoms with E-state index in [1.54, 1.807) is 0 Å². The maximum Gasteiger partial charge on any atom is 0.328 e. The number of hydrogen-bond acceptors (Lipinski definition) is 1. The summed E-state index contributed by atoms with van der Waals surface area (Å²) in [6.45, 7) is 0. The number of carbonyl (C=O) groups is 1. The number of carboxylic acids is 1. The number of rotatable bonds is 1. The highest BCUT2D eigenvalue weighted by atomic mass is 16.4. The topological polar surface area (TPSA) is 37.3 Å². The van der Waals surface area contributed by atoms with Gasteiger partial charge in [0.15, 0.2) is 0 Å². The molecular formula is C9H10O2. The highest BCUT2D eigenvalue weighted by molar-refractivity contribution is 5.81. The average Bonchev–Trinajstić information content (AvgIpc) is 2.26. The summed E-state index contributed by atoms with van der Waals surface area (Å²) in [5.74, 6) is 0.380. The lowest BCUT2D eigenvalue weighted by Crippen LogP contribution is -2.24. The Kier molecular flexibility index (Phi) is 1.34. The van der Waals surface area contributed by atoms with Crippen LogP contribution in [0.25, 0.3) is 0 Å². The predicted octanol–water partition coefficient (Wildman–Crippen LogP) is 1.59. The van der Waals surface area contributed by atoms with E-state index in [9.17, 15) is 4.79 Å². The van der Waals surface area contributed by atoms with Gasteiger partial charge in [-0.05, 0) is 18.8 Å². The van der Waals surface area contributed by atoms with Gasteiger partial charge in [0.25, 0.3) is 0 Å². The van der Waals surface area contributed by atoms with Crippen molar-refractivity contribution in [2.75, 3.05) is 0 Å². The van der Waals surface area contributed by atoms with Crippen LogP contribution < -0.4 is 0 Å². The molecule has 0 radical (unpaired) electrons. The van der Waals surface area contributed by atoms with Gasteiger partial charge in [-0.1, -0.05) is 17.7 Å². The molecule has 1 fully saturated rings. The first-order valence-corrected chi connectivity index (χ1v) is 3.87. The fraction of sp³-hybridized carbons (Fsp3) is 0.444. The highest BCUT2D eigenvalue weighted by Gasteiger charge is 2.36. The Morgan fingerprint density at radius 2 is 2.55 bits per heavy atom. The van der Waals surface area contributed by atoms with Crippen molar-refractivity contribution in [3.63, 3.8) is 0 Å². The van der Waals surface area contributed by atoms with E-state index in [2.05, 4.69) is 12.2 Å². The summed E-state index contributed by atoms with van der Waals surface area (Å²) in [5.41, 5.74) is 1.09. The molecule has 2 nitrogen and oxygen atoms in total. The lowest BCUT2D eigenvalue weighted by molar-refractivity contribution is -0.131. The summed E-state index contributed by atoms with van der Waals surface area (Å²) in [6.07, 6.45) is 7.77. The van der Waals surface area contributed by atoms with Crippen molar-refractivity contribution in [1.29, 1.82) is 0 Å². The van der Waals surface area contributed by atoms with E-state index in [1.807, 2.05) is 0 Å². The van der Waals surface area contributed by atoms with Gasteiger partial charge in [-0.15, -0.1) is 0 Å². The number of aliphatic carboxylic acids is 1. The van der Waals surface area contributed by atoms with Crippen LogP contribution in [0.4, 0.5) is 0 Å². The molecule has 0 bridgehead atoms. The van der Waals surface area contributed by atoms with E-state index in [4.69, 9.17) is 5.11 Å². The van der Waals surface area contributed by atoms with Crippen molar-refractivity contribution in [1.82, 2.24) is 0 Å². The maximum atomic E-state index is 10.3. The standard InChI is InChI=1S/C9H10O2/c10-9(11)5-7-4-6-2-1-3-8(6)7/h1,3,5-6,8H,2,4H2,(H,10,11)/t6-,8-/m0/s1. The molecule has 0 aliphatic heterocycles. The highest BCUT2D eigenvalue weighted by Crippen LogP contribution is 2.46. The minimum Gasteiger partial charge on any atom is -0.478 e. The maximum absolute atomic E-state index is 10.3. The van der Waals surface area contributed by atoms with Crippen LogP contribution in [0, 0.1) is 11.8 Å². The molecule has 0 aromatic rings. The quantitative estimate of drug-likeness (QED) is 0.455. The van der Waals surface area contributed by atoms with Crippen molar-refractivity contribution >= 4 is 5.97 Å². The fourth-order valence-corrected chi connectivity index (χ4v) is 1.93. The molecule has 0 spiro atoms. The Morgan fingerprint density at radius 3 is 3.18 bits per heavy atom. The van der Waals surface area contributed by atoms with Crippen molar-refractivity contribution in [2.24, 2.45) is 11.8 Å². The fourth-order valence-electron chi connectivity index (χ4n) is 1.93. The van der Waals surface area contributed by atoms with E-state index in [0.717, 1.165) is 24.3 Å². The van der Waals surface area contributed by atoms with Crippen LogP contribution in [-0.2, 0) is 4.79 Å². The van der Waals surface area contributed by atoms with Crippen molar-refractivity contribution in [3.05, 3.63) is 23.8 Å². The second-order valence-electron chi connectivity index (χ2n) is 3.21. The Labute approximate surface area is 65.2 Å². The number of hydrogen-bond donors (Lipinski definition) is 1. The van der Waals surface area contributed by atoms with Crippen LogP contribution in [0.15, 0.2) is 23.8 Å². The molecule has 2 aliphatic rings. The van der Waals surface area contributed by atoms with E-state index < -0.39 is 5.97 Å². The van der Waals surface area contributed by atoms with Gasteiger partial charge in [-0.3, -0.25) is 0 Å². The molecule has 2 aliphatic carbocycles. The SMILES string of the molecule is O=C(O)C=C1C[C@@H]2CC=C[C@H]12. The summed E-state index contributed by atoms with van der Waals surface area (Å²) in [7, 11) is 0. The lowest BCUT2D eigenvalue weighted by Gasteiger charge is -2.33. The second-order valence-corrected chi connectivity index (χ2v) is 3.21. The normalized spacial score (nSPS) is 36.9. The first-order valence-electron chi connectivity index (χ1n) is 3.87. The smallest absolute Gasteiger partial charge is 0.328 e. The third kappa shape index (κ3) is 0.985. The second kappa shape index (κ2) is 2.22. The monoisotopic (exact) mass is 150 g/mol. The molecule has 0 saturated heterocycles. The van der Waals surface area contributed by atoms with Crippen LogP contribution >= 0.6 is 0 Å². The zero-order chi connectivity index (χ0) is 7.84. The predicted molar refractivity (Wildman–Crippen MR) is 41.1 cm³/mol. The van der Waals surface area contributed by atoms with E-state index in [0.29, 0.717) is 5.92 Å². The van der Waals surface area contributed by atoms with Crippen LogP contribution in [0.3, 0.4) is 0 Å². The molecule has 11 heavy (non-hydrogen) atoms. The van der Waals surface area contributed by atoms with Crippen LogP contribution in [0.1, 0.15) is 12.8 Å². The van der Waals surface area contributed by atoms with Gasteiger partial charge in [0.1, 0.15) is 0 Å². The van der Waals surface area contributed by atoms with Crippen molar-refractivity contribution in [3.8, 4) is 0 Å². The summed E-state index contributed by atoms with van der Waals surface area (Å²) in [6, 6.07) is 0. The van der Waals surface area contributed by atoms with Crippen LogP contribution in [-0.4, -0.2) is 11.1 Å². The lowest BCUT2D eigenvalue weighted by atomic mass is 9.71. The molecule has 58 valence electrons. The number of fused-ring (bicyclic) bond motifs is 1. The van der Waals surface area contributed by atoms with Crippen molar-refractivity contribution < 1.29 is 9.90 Å². The van der Waals surface area contributed by atoms with Gasteiger partial charge in [-0.25, -0.2) is 4.79 Å². The summed E-state index contributed by atoms with van der Waals surface area (Å²) in [4.78, 5) is 10.3. The molecular weight excluding hydrogens is 140 g/mol. The molecule has 1 saturated carbocycles. The van der Waals surface area contributed by atoms with E-state index >= 15 is 0 Å². The molecule has 0 aromatic heterocycles. The van der Waals surface area contributed by atoms with Crippen molar-refractivity contribution in [2.45, 2.75) is 12.8 Å². The average molecular weight is 150 g/mol. The molecule has 0 aromatic carbocycles. The molecule has 1 N–H and O–H groups in total. The third-order valence-electron chi connectivity index (χ3n) is 2.53. The van der Waals surface area contributed by atoms with Gasteiger partial charge in [0.2, 0.25) is 0 Å². The van der Waals surface area contributed by atoms with Crippen LogP contribution in [0.2, 0.25) is 0 Å². The number of allylic oxidation sites excluding steroid dienone is 3. The Morgan fingerprint density at radius 1 is 1.73 bits per heavy atom.